The molecule has 2 atom stereocenters. The zero-order valence-electron chi connectivity index (χ0n) is 8.09. The first-order chi connectivity index (χ1) is 5.42. The fourth-order valence-corrected chi connectivity index (χ4v) is 1.80. The van der Waals surface area contributed by atoms with Gasteiger partial charge in [-0.1, -0.05) is 5.57 Å². The molecular formula is C10H18O2. The Labute approximate surface area is 73.9 Å². The van der Waals surface area contributed by atoms with Gasteiger partial charge < -0.3 is 10.2 Å². The highest BCUT2D eigenvalue weighted by Gasteiger charge is 2.31. The van der Waals surface area contributed by atoms with E-state index in [-0.39, 0.29) is 0 Å². The monoisotopic (exact) mass is 170 g/mol. The van der Waals surface area contributed by atoms with E-state index in [0.29, 0.717) is 6.42 Å². The number of rotatable bonds is 0. The predicted octanol–water partition coefficient (Wildman–Crippen LogP) is 1.62. The summed E-state index contributed by atoms with van der Waals surface area (Å²) in [6.07, 6.45) is 1.65. The van der Waals surface area contributed by atoms with Crippen molar-refractivity contribution in [3.8, 4) is 0 Å². The molecule has 0 aromatic carbocycles. The number of allylic oxidation sites excluding steroid dienone is 1. The maximum atomic E-state index is 9.66. The van der Waals surface area contributed by atoms with E-state index < -0.39 is 11.7 Å². The molecule has 70 valence electrons. The minimum Gasteiger partial charge on any atom is -0.390 e. The molecule has 0 spiro atoms. The Morgan fingerprint density at radius 1 is 1.50 bits per heavy atom. The standard InChI is InChI=1S/C10H18O2/c1-7(2)8-4-5-10(3,12)6-9(8)11/h9,11-12H,4-6H2,1-3H3/t9-,10-/m0/s1. The normalized spacial score (nSPS) is 36.8. The van der Waals surface area contributed by atoms with Gasteiger partial charge in [-0.05, 0) is 39.2 Å². The molecule has 12 heavy (non-hydrogen) atoms. The fraction of sp³-hybridized carbons (Fsp3) is 0.800. The van der Waals surface area contributed by atoms with E-state index in [0.717, 1.165) is 18.4 Å². The highest BCUT2D eigenvalue weighted by Crippen LogP contribution is 2.32. The van der Waals surface area contributed by atoms with Crippen LogP contribution >= 0.6 is 0 Å². The summed E-state index contributed by atoms with van der Waals surface area (Å²) >= 11 is 0. The average molecular weight is 170 g/mol. The molecule has 0 saturated heterocycles. The minimum atomic E-state index is -0.668. The number of aliphatic hydroxyl groups is 2. The highest BCUT2D eigenvalue weighted by atomic mass is 16.3. The zero-order valence-corrected chi connectivity index (χ0v) is 8.09. The summed E-state index contributed by atoms with van der Waals surface area (Å²) in [6.45, 7) is 5.81. The molecule has 0 aromatic rings. The molecule has 0 heterocycles. The lowest BCUT2D eigenvalue weighted by Gasteiger charge is -2.34. The summed E-state index contributed by atoms with van der Waals surface area (Å²) < 4.78 is 0. The van der Waals surface area contributed by atoms with Gasteiger partial charge in [0, 0.05) is 6.42 Å². The molecule has 0 bridgehead atoms. The van der Waals surface area contributed by atoms with E-state index in [1.54, 1.807) is 6.92 Å². The van der Waals surface area contributed by atoms with E-state index >= 15 is 0 Å². The van der Waals surface area contributed by atoms with Crippen molar-refractivity contribution in [3.63, 3.8) is 0 Å². The quantitative estimate of drug-likeness (QED) is 0.542. The third-order valence-electron chi connectivity index (χ3n) is 2.61. The van der Waals surface area contributed by atoms with Crippen LogP contribution in [0.3, 0.4) is 0 Å². The Morgan fingerprint density at radius 3 is 2.50 bits per heavy atom. The number of aliphatic hydroxyl groups excluding tert-OH is 1. The van der Waals surface area contributed by atoms with Gasteiger partial charge in [0.25, 0.3) is 0 Å². The predicted molar refractivity (Wildman–Crippen MR) is 48.9 cm³/mol. The van der Waals surface area contributed by atoms with Crippen LogP contribution in [0.5, 0.6) is 0 Å². The Balaban J connectivity index is 2.73. The molecule has 1 rings (SSSR count). The van der Waals surface area contributed by atoms with Crippen LogP contribution in [0.1, 0.15) is 40.0 Å². The van der Waals surface area contributed by atoms with Gasteiger partial charge in [-0.2, -0.15) is 0 Å². The largest absolute Gasteiger partial charge is 0.390 e. The summed E-state index contributed by atoms with van der Waals surface area (Å²) in [7, 11) is 0. The summed E-state index contributed by atoms with van der Waals surface area (Å²) in [6, 6.07) is 0. The molecule has 0 aromatic heterocycles. The molecule has 2 N–H and O–H groups in total. The Bertz CT molecular complexity index is 200. The molecule has 2 heteroatoms. The molecule has 1 fully saturated rings. The summed E-state index contributed by atoms with van der Waals surface area (Å²) in [5, 5.41) is 19.3. The van der Waals surface area contributed by atoms with Crippen LogP contribution in [0.4, 0.5) is 0 Å². The van der Waals surface area contributed by atoms with Gasteiger partial charge in [0.05, 0.1) is 11.7 Å². The lowest BCUT2D eigenvalue weighted by molar-refractivity contribution is -0.0107. The molecule has 0 amide bonds. The van der Waals surface area contributed by atoms with Crippen LogP contribution in [0, 0.1) is 0 Å². The lowest BCUT2D eigenvalue weighted by Crippen LogP contribution is -2.36. The molecule has 0 radical (unpaired) electrons. The Hall–Kier alpha value is -0.340. The Kier molecular flexibility index (Phi) is 2.59. The fourth-order valence-electron chi connectivity index (χ4n) is 1.80. The second kappa shape index (κ2) is 3.19. The SMILES string of the molecule is CC(C)=C1CC[C@](C)(O)C[C@@H]1O. The van der Waals surface area contributed by atoms with Crippen LogP contribution in [-0.4, -0.2) is 21.9 Å². The van der Waals surface area contributed by atoms with Crippen LogP contribution < -0.4 is 0 Å². The van der Waals surface area contributed by atoms with Gasteiger partial charge in [0.1, 0.15) is 0 Å². The summed E-state index contributed by atoms with van der Waals surface area (Å²) in [5.41, 5.74) is 1.64. The van der Waals surface area contributed by atoms with E-state index in [2.05, 4.69) is 0 Å². The second-order valence-electron chi connectivity index (χ2n) is 4.24. The third kappa shape index (κ3) is 2.08. The average Bonchev–Trinajstić information content (AvgIpc) is 1.83. The smallest absolute Gasteiger partial charge is 0.0779 e. The van der Waals surface area contributed by atoms with Crippen LogP contribution in [-0.2, 0) is 0 Å². The molecule has 0 aliphatic heterocycles. The molecule has 2 nitrogen and oxygen atoms in total. The molecule has 1 aliphatic carbocycles. The van der Waals surface area contributed by atoms with Crippen molar-refractivity contribution >= 4 is 0 Å². The van der Waals surface area contributed by atoms with Crippen molar-refractivity contribution in [1.82, 2.24) is 0 Å². The van der Waals surface area contributed by atoms with Crippen molar-refractivity contribution < 1.29 is 10.2 Å². The lowest BCUT2D eigenvalue weighted by atomic mass is 9.80. The van der Waals surface area contributed by atoms with Gasteiger partial charge in [-0.3, -0.25) is 0 Å². The van der Waals surface area contributed by atoms with Gasteiger partial charge in [-0.25, -0.2) is 0 Å². The first kappa shape index (κ1) is 9.75. The van der Waals surface area contributed by atoms with Gasteiger partial charge >= 0.3 is 0 Å². The van der Waals surface area contributed by atoms with E-state index in [4.69, 9.17) is 0 Å². The first-order valence-corrected chi connectivity index (χ1v) is 4.49. The van der Waals surface area contributed by atoms with Crippen molar-refractivity contribution in [3.05, 3.63) is 11.1 Å². The third-order valence-corrected chi connectivity index (χ3v) is 2.61. The van der Waals surface area contributed by atoms with Crippen molar-refractivity contribution in [2.75, 3.05) is 0 Å². The summed E-state index contributed by atoms with van der Waals surface area (Å²) in [4.78, 5) is 0. The van der Waals surface area contributed by atoms with E-state index in [9.17, 15) is 10.2 Å². The van der Waals surface area contributed by atoms with Crippen molar-refractivity contribution in [2.45, 2.75) is 51.7 Å². The van der Waals surface area contributed by atoms with Crippen LogP contribution in [0.15, 0.2) is 11.1 Å². The topological polar surface area (TPSA) is 40.5 Å². The highest BCUT2D eigenvalue weighted by molar-refractivity contribution is 5.18. The molecule has 0 unspecified atom stereocenters. The van der Waals surface area contributed by atoms with Crippen molar-refractivity contribution in [1.29, 1.82) is 0 Å². The van der Waals surface area contributed by atoms with Gasteiger partial charge in [0.2, 0.25) is 0 Å². The van der Waals surface area contributed by atoms with E-state index in [1.165, 1.54) is 5.57 Å². The Morgan fingerprint density at radius 2 is 2.08 bits per heavy atom. The second-order valence-corrected chi connectivity index (χ2v) is 4.24. The number of hydrogen-bond donors (Lipinski definition) is 2. The first-order valence-electron chi connectivity index (χ1n) is 4.49. The van der Waals surface area contributed by atoms with Crippen LogP contribution in [0.2, 0.25) is 0 Å². The maximum absolute atomic E-state index is 9.66. The molecule has 1 saturated carbocycles. The number of hydrogen-bond acceptors (Lipinski definition) is 2. The molecule has 1 aliphatic rings. The minimum absolute atomic E-state index is 0.432. The zero-order chi connectivity index (χ0) is 9.35. The summed E-state index contributed by atoms with van der Waals surface area (Å²) in [5.74, 6) is 0. The molecular weight excluding hydrogens is 152 g/mol. The van der Waals surface area contributed by atoms with E-state index in [1.807, 2.05) is 13.8 Å². The maximum Gasteiger partial charge on any atom is 0.0779 e. The van der Waals surface area contributed by atoms with Gasteiger partial charge in [0.15, 0.2) is 0 Å². The van der Waals surface area contributed by atoms with Gasteiger partial charge in [-0.15, -0.1) is 0 Å². The van der Waals surface area contributed by atoms with Crippen molar-refractivity contribution in [2.24, 2.45) is 0 Å². The van der Waals surface area contributed by atoms with Crippen LogP contribution in [0.25, 0.3) is 0 Å².